The monoisotopic (exact) mass is 304 g/mol. The van der Waals surface area contributed by atoms with Crippen LogP contribution in [0.2, 0.25) is 0 Å². The molecule has 1 atom stereocenters. The molecule has 1 aliphatic heterocycles. The van der Waals surface area contributed by atoms with Crippen LogP contribution in [0.3, 0.4) is 0 Å². The Morgan fingerprint density at radius 3 is 2.45 bits per heavy atom. The molecule has 0 aliphatic carbocycles. The first kappa shape index (κ1) is 17.0. The van der Waals surface area contributed by atoms with E-state index in [2.05, 4.69) is 48.3 Å². The lowest BCUT2D eigenvalue weighted by atomic mass is 9.99. The summed E-state index contributed by atoms with van der Waals surface area (Å²) >= 11 is 0. The van der Waals surface area contributed by atoms with Crippen molar-refractivity contribution in [2.24, 2.45) is 5.92 Å². The largest absolute Gasteiger partial charge is 0.381 e. The Morgan fingerprint density at radius 1 is 1.23 bits per heavy atom. The number of nitrogens with one attached hydrogen (secondary N) is 1. The first-order valence-electron chi connectivity index (χ1n) is 8.40. The van der Waals surface area contributed by atoms with Crippen LogP contribution in [0, 0.1) is 5.92 Å². The van der Waals surface area contributed by atoms with E-state index in [4.69, 9.17) is 4.74 Å². The molecule has 0 aromatic heterocycles. The predicted molar refractivity (Wildman–Crippen MR) is 88.7 cm³/mol. The molecule has 1 aromatic carbocycles. The topological polar surface area (TPSA) is 41.6 Å². The minimum absolute atomic E-state index is 0.113. The zero-order valence-electron chi connectivity index (χ0n) is 13.8. The highest BCUT2D eigenvalue weighted by molar-refractivity contribution is 5.78. The number of carbonyl (C=O) groups excluding carboxylic acids is 1. The van der Waals surface area contributed by atoms with Crippen LogP contribution in [0.25, 0.3) is 0 Å². The smallest absolute Gasteiger partial charge is 0.223 e. The molecule has 22 heavy (non-hydrogen) atoms. The van der Waals surface area contributed by atoms with Crippen molar-refractivity contribution in [3.8, 4) is 0 Å². The van der Waals surface area contributed by atoms with E-state index in [-0.39, 0.29) is 17.9 Å². The van der Waals surface area contributed by atoms with Crippen LogP contribution in [0.4, 0.5) is 0 Å². The average Bonchev–Trinajstić information content (AvgIpc) is 2.60. The van der Waals surface area contributed by atoms with Crippen LogP contribution >= 0.6 is 0 Å². The molecule has 0 spiro atoms. The maximum atomic E-state index is 12.3. The Balaban J connectivity index is 1.98. The number of rotatable bonds is 7. The van der Waals surface area contributed by atoms with Gasteiger partial charge in [-0.05, 0) is 31.5 Å². The van der Waals surface area contributed by atoms with Crippen molar-refractivity contribution in [2.45, 2.75) is 32.7 Å². The van der Waals surface area contributed by atoms with E-state index in [0.717, 1.165) is 25.9 Å². The van der Waals surface area contributed by atoms with Crippen LogP contribution < -0.4 is 5.32 Å². The van der Waals surface area contributed by atoms with Crippen molar-refractivity contribution in [3.63, 3.8) is 0 Å². The number of nitrogens with zero attached hydrogens (tertiary/aromatic N) is 1. The van der Waals surface area contributed by atoms with Gasteiger partial charge in [0.05, 0.1) is 6.04 Å². The van der Waals surface area contributed by atoms with Crippen LogP contribution in [0.1, 0.15) is 38.3 Å². The molecular weight excluding hydrogens is 276 g/mol. The quantitative estimate of drug-likeness (QED) is 0.842. The van der Waals surface area contributed by atoms with Gasteiger partial charge in [0.2, 0.25) is 5.91 Å². The minimum atomic E-state index is 0.113. The Bertz CT molecular complexity index is 440. The average molecular weight is 304 g/mol. The summed E-state index contributed by atoms with van der Waals surface area (Å²) in [5.41, 5.74) is 1.26. The fraction of sp³-hybridized carbons (Fsp3) is 0.611. The maximum Gasteiger partial charge on any atom is 0.223 e. The molecule has 2 rings (SSSR count). The molecule has 0 radical (unpaired) electrons. The normalized spacial score (nSPS) is 17.4. The third-order valence-electron chi connectivity index (χ3n) is 4.50. The lowest BCUT2D eigenvalue weighted by Gasteiger charge is -2.31. The first-order chi connectivity index (χ1) is 10.8. The summed E-state index contributed by atoms with van der Waals surface area (Å²) in [7, 11) is 0. The molecule has 1 fully saturated rings. The Morgan fingerprint density at radius 2 is 1.86 bits per heavy atom. The second kappa shape index (κ2) is 8.91. The Kier molecular flexibility index (Phi) is 6.87. The number of likely N-dealkylation sites (N-methyl/N-ethyl adjacent to an activating group) is 1. The van der Waals surface area contributed by atoms with Crippen molar-refractivity contribution in [2.75, 3.05) is 32.8 Å². The molecule has 0 saturated carbocycles. The number of benzene rings is 1. The van der Waals surface area contributed by atoms with Gasteiger partial charge in [0.1, 0.15) is 0 Å². The molecule has 1 saturated heterocycles. The minimum Gasteiger partial charge on any atom is -0.381 e. The van der Waals surface area contributed by atoms with Crippen molar-refractivity contribution < 1.29 is 9.53 Å². The standard InChI is InChI=1S/C18H28N2O2/c1-3-20(4-2)17(15-8-6-5-7-9-15)14-19-18(21)16-10-12-22-13-11-16/h5-9,16-17H,3-4,10-14H2,1-2H3,(H,19,21). The molecule has 4 nitrogen and oxygen atoms in total. The van der Waals surface area contributed by atoms with E-state index < -0.39 is 0 Å². The van der Waals surface area contributed by atoms with Gasteiger partial charge in [-0.15, -0.1) is 0 Å². The highest BCUT2D eigenvalue weighted by Gasteiger charge is 2.24. The molecule has 0 bridgehead atoms. The van der Waals surface area contributed by atoms with Crippen LogP contribution in [0.5, 0.6) is 0 Å². The van der Waals surface area contributed by atoms with Crippen molar-refractivity contribution in [1.82, 2.24) is 10.2 Å². The van der Waals surface area contributed by atoms with E-state index in [1.54, 1.807) is 0 Å². The van der Waals surface area contributed by atoms with Gasteiger partial charge in [-0.1, -0.05) is 44.2 Å². The zero-order chi connectivity index (χ0) is 15.8. The van der Waals surface area contributed by atoms with Gasteiger partial charge in [0.25, 0.3) is 0 Å². The van der Waals surface area contributed by atoms with E-state index >= 15 is 0 Å². The van der Waals surface area contributed by atoms with Gasteiger partial charge >= 0.3 is 0 Å². The fourth-order valence-electron chi connectivity index (χ4n) is 3.10. The van der Waals surface area contributed by atoms with Gasteiger partial charge in [-0.25, -0.2) is 0 Å². The van der Waals surface area contributed by atoms with Crippen molar-refractivity contribution in [3.05, 3.63) is 35.9 Å². The SMILES string of the molecule is CCN(CC)C(CNC(=O)C1CCOCC1)c1ccccc1. The molecule has 1 N–H and O–H groups in total. The molecule has 1 heterocycles. The number of hydrogen-bond acceptors (Lipinski definition) is 3. The number of hydrogen-bond donors (Lipinski definition) is 1. The molecule has 1 aliphatic rings. The second-order valence-electron chi connectivity index (χ2n) is 5.78. The van der Waals surface area contributed by atoms with Gasteiger partial charge in [-0.3, -0.25) is 9.69 Å². The first-order valence-corrected chi connectivity index (χ1v) is 8.40. The lowest BCUT2D eigenvalue weighted by molar-refractivity contribution is -0.128. The van der Waals surface area contributed by atoms with Gasteiger partial charge in [-0.2, -0.15) is 0 Å². The fourth-order valence-corrected chi connectivity index (χ4v) is 3.10. The highest BCUT2D eigenvalue weighted by Crippen LogP contribution is 2.20. The third-order valence-corrected chi connectivity index (χ3v) is 4.50. The molecule has 1 amide bonds. The lowest BCUT2D eigenvalue weighted by Crippen LogP contribution is -2.41. The van der Waals surface area contributed by atoms with Crippen LogP contribution in [-0.2, 0) is 9.53 Å². The summed E-state index contributed by atoms with van der Waals surface area (Å²) in [4.78, 5) is 14.7. The molecule has 1 aromatic rings. The van der Waals surface area contributed by atoms with E-state index in [0.29, 0.717) is 19.8 Å². The maximum absolute atomic E-state index is 12.3. The van der Waals surface area contributed by atoms with Crippen LogP contribution in [0.15, 0.2) is 30.3 Å². The summed E-state index contributed by atoms with van der Waals surface area (Å²) in [6.45, 7) is 8.36. The van der Waals surface area contributed by atoms with Gasteiger partial charge in [0, 0.05) is 25.7 Å². The Hall–Kier alpha value is -1.39. The van der Waals surface area contributed by atoms with Crippen molar-refractivity contribution in [1.29, 1.82) is 0 Å². The summed E-state index contributed by atoms with van der Waals surface area (Å²) < 4.78 is 5.33. The van der Waals surface area contributed by atoms with Crippen LogP contribution in [-0.4, -0.2) is 43.7 Å². The third kappa shape index (κ3) is 4.55. The number of ether oxygens (including phenoxy) is 1. The van der Waals surface area contributed by atoms with E-state index in [9.17, 15) is 4.79 Å². The van der Waals surface area contributed by atoms with Gasteiger partial charge in [0.15, 0.2) is 0 Å². The Labute approximate surface area is 133 Å². The highest BCUT2D eigenvalue weighted by atomic mass is 16.5. The van der Waals surface area contributed by atoms with E-state index in [1.807, 2.05) is 6.07 Å². The zero-order valence-corrected chi connectivity index (χ0v) is 13.8. The second-order valence-corrected chi connectivity index (χ2v) is 5.78. The summed E-state index contributed by atoms with van der Waals surface area (Å²) in [5.74, 6) is 0.290. The predicted octanol–water partition coefficient (Wildman–Crippen LogP) is 2.61. The molecule has 1 unspecified atom stereocenters. The van der Waals surface area contributed by atoms with Gasteiger partial charge < -0.3 is 10.1 Å². The number of carbonyl (C=O) groups is 1. The molecular formula is C18H28N2O2. The summed E-state index contributed by atoms with van der Waals surface area (Å²) in [5, 5.41) is 3.16. The summed E-state index contributed by atoms with van der Waals surface area (Å²) in [6.07, 6.45) is 1.68. The van der Waals surface area contributed by atoms with E-state index in [1.165, 1.54) is 5.56 Å². The molecule has 122 valence electrons. The van der Waals surface area contributed by atoms with Crippen molar-refractivity contribution >= 4 is 5.91 Å². The summed E-state index contributed by atoms with van der Waals surface area (Å²) in [6, 6.07) is 10.7. The number of amides is 1. The molecule has 4 heteroatoms.